The summed E-state index contributed by atoms with van der Waals surface area (Å²) in [6.45, 7) is 6.32. The maximum atomic E-state index is 12.1. The third-order valence-electron chi connectivity index (χ3n) is 4.79. The molecule has 0 atom stereocenters. The number of ether oxygens (including phenoxy) is 1. The van der Waals surface area contributed by atoms with Gasteiger partial charge >= 0.3 is 0 Å². The van der Waals surface area contributed by atoms with Crippen LogP contribution in [-0.4, -0.2) is 43.0 Å². The molecular formula is C22H28N4O3. The number of carbonyl (C=O) groups is 2. The van der Waals surface area contributed by atoms with Crippen LogP contribution in [0, 0.1) is 13.8 Å². The van der Waals surface area contributed by atoms with Gasteiger partial charge in [-0.3, -0.25) is 9.59 Å². The van der Waals surface area contributed by atoms with Crippen molar-refractivity contribution in [1.29, 1.82) is 0 Å². The molecular weight excluding hydrogens is 368 g/mol. The van der Waals surface area contributed by atoms with Crippen LogP contribution in [0.4, 0.5) is 11.5 Å². The minimum atomic E-state index is -0.0383. The zero-order chi connectivity index (χ0) is 20.6. The van der Waals surface area contributed by atoms with Crippen LogP contribution in [0.2, 0.25) is 0 Å². The Morgan fingerprint density at radius 2 is 2.10 bits per heavy atom. The number of hydrogen-bond donors (Lipinski definition) is 2. The molecule has 7 nitrogen and oxygen atoms in total. The van der Waals surface area contributed by atoms with E-state index in [1.165, 1.54) is 5.56 Å². The highest BCUT2D eigenvalue weighted by Crippen LogP contribution is 2.19. The Morgan fingerprint density at radius 3 is 2.86 bits per heavy atom. The number of amides is 2. The maximum absolute atomic E-state index is 12.1. The van der Waals surface area contributed by atoms with Crippen LogP contribution >= 0.6 is 0 Å². The van der Waals surface area contributed by atoms with E-state index in [-0.39, 0.29) is 11.8 Å². The first-order valence-electron chi connectivity index (χ1n) is 9.99. The molecule has 1 aromatic heterocycles. The molecule has 1 aliphatic heterocycles. The molecule has 1 aromatic carbocycles. The topological polar surface area (TPSA) is 83.6 Å². The molecule has 1 aliphatic rings. The van der Waals surface area contributed by atoms with E-state index in [4.69, 9.17) is 4.74 Å². The fraction of sp³-hybridized carbons (Fsp3) is 0.409. The lowest BCUT2D eigenvalue weighted by Crippen LogP contribution is -2.48. The number of piperazine rings is 1. The smallest absolute Gasteiger partial charge is 0.239 e. The fourth-order valence-electron chi connectivity index (χ4n) is 3.14. The summed E-state index contributed by atoms with van der Waals surface area (Å²) in [7, 11) is 0. The number of benzene rings is 1. The number of nitrogens with one attached hydrogen (secondary N) is 2. The summed E-state index contributed by atoms with van der Waals surface area (Å²) in [6.07, 6.45) is 3.63. The minimum Gasteiger partial charge on any atom is -0.493 e. The summed E-state index contributed by atoms with van der Waals surface area (Å²) in [4.78, 5) is 29.9. The standard InChI is InChI=1S/C22H28N4O3/c1-16-6-7-17(2)19(13-16)29-12-4-3-5-21(27)25-18-8-9-20(24-14-18)26-11-10-23-22(28)15-26/h6-9,13-14H,3-5,10-12,15H2,1-2H3,(H,23,28)(H,25,27). The number of pyridine rings is 1. The number of anilines is 2. The molecule has 0 saturated carbocycles. The first kappa shape index (κ1) is 20.6. The van der Waals surface area contributed by atoms with E-state index in [9.17, 15) is 9.59 Å². The highest BCUT2D eigenvalue weighted by atomic mass is 16.5. The predicted molar refractivity (Wildman–Crippen MR) is 113 cm³/mol. The van der Waals surface area contributed by atoms with Crippen molar-refractivity contribution in [2.45, 2.75) is 33.1 Å². The van der Waals surface area contributed by atoms with Gasteiger partial charge in [0, 0.05) is 19.5 Å². The van der Waals surface area contributed by atoms with Crippen molar-refractivity contribution >= 4 is 23.3 Å². The predicted octanol–water partition coefficient (Wildman–Crippen LogP) is 2.82. The highest BCUT2D eigenvalue weighted by molar-refractivity contribution is 5.90. The number of aryl methyl sites for hydroxylation is 2. The first-order chi connectivity index (χ1) is 14.0. The van der Waals surface area contributed by atoms with Crippen LogP contribution in [0.5, 0.6) is 5.75 Å². The van der Waals surface area contributed by atoms with E-state index >= 15 is 0 Å². The number of unbranched alkanes of at least 4 members (excludes halogenated alkanes) is 1. The summed E-state index contributed by atoms with van der Waals surface area (Å²) >= 11 is 0. The lowest BCUT2D eigenvalue weighted by atomic mass is 10.1. The van der Waals surface area contributed by atoms with Crippen molar-refractivity contribution in [2.24, 2.45) is 0 Å². The second-order valence-electron chi connectivity index (χ2n) is 7.30. The Kier molecular flexibility index (Phi) is 7.05. The van der Waals surface area contributed by atoms with Gasteiger partial charge in [-0.2, -0.15) is 0 Å². The number of rotatable bonds is 8. The second-order valence-corrected chi connectivity index (χ2v) is 7.30. The number of aromatic nitrogens is 1. The summed E-state index contributed by atoms with van der Waals surface area (Å²) in [5.74, 6) is 1.61. The molecule has 29 heavy (non-hydrogen) atoms. The zero-order valence-corrected chi connectivity index (χ0v) is 17.0. The molecule has 2 heterocycles. The Bertz CT molecular complexity index is 852. The van der Waals surface area contributed by atoms with Gasteiger partial charge in [-0.05, 0) is 56.0 Å². The van der Waals surface area contributed by atoms with E-state index in [0.29, 0.717) is 31.8 Å². The van der Waals surface area contributed by atoms with Crippen molar-refractivity contribution < 1.29 is 14.3 Å². The van der Waals surface area contributed by atoms with Crippen LogP contribution in [0.25, 0.3) is 0 Å². The molecule has 154 valence electrons. The Balaban J connectivity index is 1.37. The van der Waals surface area contributed by atoms with Gasteiger partial charge < -0.3 is 20.3 Å². The molecule has 2 amide bonds. The Labute approximate surface area is 171 Å². The van der Waals surface area contributed by atoms with Gasteiger partial charge in [-0.1, -0.05) is 12.1 Å². The zero-order valence-electron chi connectivity index (χ0n) is 17.0. The van der Waals surface area contributed by atoms with Gasteiger partial charge in [0.25, 0.3) is 0 Å². The maximum Gasteiger partial charge on any atom is 0.239 e. The molecule has 2 aromatic rings. The molecule has 1 fully saturated rings. The molecule has 0 bridgehead atoms. The first-order valence-corrected chi connectivity index (χ1v) is 9.99. The molecule has 7 heteroatoms. The van der Waals surface area contributed by atoms with Crippen LogP contribution in [0.3, 0.4) is 0 Å². The summed E-state index contributed by atoms with van der Waals surface area (Å²) in [6, 6.07) is 9.80. The third kappa shape index (κ3) is 6.20. The van der Waals surface area contributed by atoms with Crippen LogP contribution in [-0.2, 0) is 9.59 Å². The highest BCUT2D eigenvalue weighted by Gasteiger charge is 2.17. The number of hydrogen-bond acceptors (Lipinski definition) is 5. The molecule has 2 N–H and O–H groups in total. The largest absolute Gasteiger partial charge is 0.493 e. The van der Waals surface area contributed by atoms with E-state index in [0.717, 1.165) is 36.5 Å². The average Bonchev–Trinajstić information content (AvgIpc) is 2.71. The Hall–Kier alpha value is -3.09. The van der Waals surface area contributed by atoms with Gasteiger partial charge in [0.05, 0.1) is 25.0 Å². The summed E-state index contributed by atoms with van der Waals surface area (Å²) < 4.78 is 5.82. The monoisotopic (exact) mass is 396 g/mol. The summed E-state index contributed by atoms with van der Waals surface area (Å²) in [5, 5.41) is 5.65. The van der Waals surface area contributed by atoms with Gasteiger partial charge in [0.15, 0.2) is 0 Å². The average molecular weight is 396 g/mol. The van der Waals surface area contributed by atoms with Crippen molar-refractivity contribution in [2.75, 3.05) is 36.5 Å². The van der Waals surface area contributed by atoms with Crippen molar-refractivity contribution in [3.05, 3.63) is 47.7 Å². The molecule has 1 saturated heterocycles. The summed E-state index contributed by atoms with van der Waals surface area (Å²) in [5.41, 5.74) is 2.95. The molecule has 3 rings (SSSR count). The quantitative estimate of drug-likeness (QED) is 0.671. The molecule has 0 radical (unpaired) electrons. The normalized spacial score (nSPS) is 13.7. The lowest BCUT2D eigenvalue weighted by Gasteiger charge is -2.27. The van der Waals surface area contributed by atoms with E-state index in [1.807, 2.05) is 36.9 Å². The van der Waals surface area contributed by atoms with E-state index < -0.39 is 0 Å². The number of carbonyl (C=O) groups excluding carboxylic acids is 2. The fourth-order valence-corrected chi connectivity index (χ4v) is 3.14. The van der Waals surface area contributed by atoms with Crippen LogP contribution in [0.1, 0.15) is 30.4 Å². The van der Waals surface area contributed by atoms with Gasteiger partial charge in [-0.15, -0.1) is 0 Å². The van der Waals surface area contributed by atoms with Crippen LogP contribution in [0.15, 0.2) is 36.5 Å². The van der Waals surface area contributed by atoms with Crippen molar-refractivity contribution in [1.82, 2.24) is 10.3 Å². The minimum absolute atomic E-state index is 0.00281. The third-order valence-corrected chi connectivity index (χ3v) is 4.79. The van der Waals surface area contributed by atoms with Gasteiger partial charge in [0.1, 0.15) is 11.6 Å². The van der Waals surface area contributed by atoms with Crippen molar-refractivity contribution in [3.63, 3.8) is 0 Å². The van der Waals surface area contributed by atoms with Crippen LogP contribution < -0.4 is 20.3 Å². The van der Waals surface area contributed by atoms with E-state index in [1.54, 1.807) is 6.20 Å². The van der Waals surface area contributed by atoms with Gasteiger partial charge in [-0.25, -0.2) is 4.98 Å². The number of nitrogens with zero attached hydrogens (tertiary/aromatic N) is 2. The molecule has 0 unspecified atom stereocenters. The second kappa shape index (κ2) is 9.91. The molecule has 0 spiro atoms. The Morgan fingerprint density at radius 1 is 1.24 bits per heavy atom. The van der Waals surface area contributed by atoms with Crippen molar-refractivity contribution in [3.8, 4) is 5.75 Å². The van der Waals surface area contributed by atoms with E-state index in [2.05, 4.69) is 27.8 Å². The lowest BCUT2D eigenvalue weighted by molar-refractivity contribution is -0.120. The SMILES string of the molecule is Cc1ccc(C)c(OCCCCC(=O)Nc2ccc(N3CCNC(=O)C3)nc2)c1. The molecule has 0 aliphatic carbocycles. The van der Waals surface area contributed by atoms with Gasteiger partial charge in [0.2, 0.25) is 11.8 Å².